The minimum absolute atomic E-state index is 1.05. The van der Waals surface area contributed by atoms with Crippen LogP contribution in [0.3, 0.4) is 0 Å². The zero-order chi connectivity index (χ0) is 26.5. The smallest absolute Gasteiger partial charge is 0.262 e. The van der Waals surface area contributed by atoms with Gasteiger partial charge in [-0.25, -0.2) is 0 Å². The molecule has 5 rings (SSSR count). The van der Waals surface area contributed by atoms with E-state index in [2.05, 4.69) is 103 Å². The molecule has 0 saturated carbocycles. The molecule has 38 heavy (non-hydrogen) atoms. The monoisotopic (exact) mass is 577 g/mol. The van der Waals surface area contributed by atoms with E-state index >= 15 is 0 Å². The summed E-state index contributed by atoms with van der Waals surface area (Å²) in [7, 11) is 0. The summed E-state index contributed by atoms with van der Waals surface area (Å²) in [4.78, 5) is 3.94. The van der Waals surface area contributed by atoms with Gasteiger partial charge in [0.1, 0.15) is 4.70 Å². The largest absolute Gasteiger partial charge is 0.334 e. The Balaban J connectivity index is 1.38. The molecule has 198 valence electrons. The van der Waals surface area contributed by atoms with Crippen molar-refractivity contribution in [3.63, 3.8) is 0 Å². The van der Waals surface area contributed by atoms with Crippen molar-refractivity contribution in [2.24, 2.45) is 0 Å². The number of rotatable bonds is 9. The molecule has 3 aromatic rings. The van der Waals surface area contributed by atoms with Crippen LogP contribution in [0.15, 0.2) is 81.8 Å². The first kappa shape index (κ1) is 27.7. The zero-order valence-electron chi connectivity index (χ0n) is 22.8. The Hall–Kier alpha value is -1.86. The van der Waals surface area contributed by atoms with Gasteiger partial charge in [0.05, 0.1) is 16.5 Å². The van der Waals surface area contributed by atoms with Gasteiger partial charge in [-0.1, -0.05) is 53.5 Å². The lowest BCUT2D eigenvalue weighted by atomic mass is 9.95. The average molecular weight is 578 g/mol. The fraction of sp³-hybridized carbons (Fsp3) is 0.344. The van der Waals surface area contributed by atoms with Crippen molar-refractivity contribution in [3.8, 4) is 0 Å². The van der Waals surface area contributed by atoms with E-state index in [0.717, 1.165) is 37.4 Å². The molecule has 0 amide bonds. The summed E-state index contributed by atoms with van der Waals surface area (Å²) in [5, 5.41) is 2.71. The van der Waals surface area contributed by atoms with Crippen LogP contribution in [0.2, 0.25) is 0 Å². The van der Waals surface area contributed by atoms with E-state index in [1.54, 1.807) is 0 Å². The molecule has 1 aliphatic carbocycles. The van der Waals surface area contributed by atoms with Gasteiger partial charge in [0, 0.05) is 29.3 Å². The number of nitrogens with zero attached hydrogens (tertiary/aromatic N) is 2. The van der Waals surface area contributed by atoms with Crippen LogP contribution in [-0.4, -0.2) is 30.6 Å². The number of benzene rings is 2. The van der Waals surface area contributed by atoms with Gasteiger partial charge < -0.3 is 4.90 Å². The van der Waals surface area contributed by atoms with Gasteiger partial charge in [0.15, 0.2) is 6.54 Å². The molecule has 1 aromatic heterocycles. The van der Waals surface area contributed by atoms with E-state index in [1.807, 2.05) is 46.6 Å². The number of allylic oxidation sites excluding steroid dienone is 6. The number of para-hydroxylation sites is 1. The first-order chi connectivity index (χ1) is 18.6. The third-order valence-corrected chi connectivity index (χ3v) is 10.6. The summed E-state index contributed by atoms with van der Waals surface area (Å²) < 4.78 is 3.83. The second kappa shape index (κ2) is 13.0. The van der Waals surface area contributed by atoms with Crippen LogP contribution in [0.5, 0.6) is 0 Å². The standard InChI is InChI=1S/C32H37N2S4/c1-23-19-28-30(20-24(23)2)38-32(34(28)16-18-36-4)22-26-11-7-9-25(21-26)10-8-14-31-33(15-17-35-3)27-12-5-6-13-29(27)37-31/h5-6,8,10,12-14,19-22H,7,9,11,15-18H2,1-4H3/q+1. The Morgan fingerprint density at radius 1 is 1.03 bits per heavy atom. The molecular formula is C32H37N2S4+. The third-order valence-electron chi connectivity index (χ3n) is 7.18. The Morgan fingerprint density at radius 2 is 1.84 bits per heavy atom. The summed E-state index contributed by atoms with van der Waals surface area (Å²) >= 11 is 7.65. The number of thiazole rings is 1. The number of aryl methyl sites for hydroxylation is 3. The topological polar surface area (TPSA) is 7.12 Å². The van der Waals surface area contributed by atoms with Crippen LogP contribution in [0.4, 0.5) is 5.69 Å². The van der Waals surface area contributed by atoms with E-state index < -0.39 is 0 Å². The lowest BCUT2D eigenvalue weighted by Crippen LogP contribution is -2.36. The summed E-state index contributed by atoms with van der Waals surface area (Å²) in [5.41, 5.74) is 8.36. The van der Waals surface area contributed by atoms with Crippen molar-refractivity contribution < 1.29 is 4.57 Å². The quantitative estimate of drug-likeness (QED) is 0.234. The van der Waals surface area contributed by atoms with Crippen molar-refractivity contribution in [2.45, 2.75) is 44.6 Å². The van der Waals surface area contributed by atoms with Gasteiger partial charge in [-0.2, -0.15) is 28.1 Å². The Bertz CT molecular complexity index is 1430. The normalized spacial score (nSPS) is 17.8. The van der Waals surface area contributed by atoms with Crippen molar-refractivity contribution in [3.05, 3.63) is 93.0 Å². The predicted octanol–water partition coefficient (Wildman–Crippen LogP) is 9.04. The lowest BCUT2D eigenvalue weighted by molar-refractivity contribution is -0.664. The fourth-order valence-electron chi connectivity index (χ4n) is 5.00. The number of thioether (sulfide) groups is 3. The molecule has 0 fully saturated rings. The summed E-state index contributed by atoms with van der Waals surface area (Å²) in [6, 6.07) is 13.5. The molecule has 0 bridgehead atoms. The van der Waals surface area contributed by atoms with Gasteiger partial charge >= 0.3 is 0 Å². The molecular weight excluding hydrogens is 541 g/mol. The maximum Gasteiger partial charge on any atom is 0.262 e. The van der Waals surface area contributed by atoms with Crippen molar-refractivity contribution >= 4 is 68.6 Å². The molecule has 2 heterocycles. The molecule has 0 atom stereocenters. The number of anilines is 1. The van der Waals surface area contributed by atoms with E-state index in [9.17, 15) is 0 Å². The van der Waals surface area contributed by atoms with Gasteiger partial charge in [-0.05, 0) is 92.2 Å². The van der Waals surface area contributed by atoms with Crippen molar-refractivity contribution in [1.82, 2.24) is 0 Å². The predicted molar refractivity (Wildman–Crippen MR) is 175 cm³/mol. The zero-order valence-corrected chi connectivity index (χ0v) is 26.1. The first-order valence-electron chi connectivity index (χ1n) is 13.3. The van der Waals surface area contributed by atoms with E-state index in [-0.39, 0.29) is 0 Å². The van der Waals surface area contributed by atoms with Crippen LogP contribution >= 0.6 is 46.6 Å². The maximum absolute atomic E-state index is 2.54. The van der Waals surface area contributed by atoms with Crippen LogP contribution < -0.4 is 9.47 Å². The number of fused-ring (bicyclic) bond motifs is 2. The van der Waals surface area contributed by atoms with Crippen molar-refractivity contribution in [1.29, 1.82) is 0 Å². The number of hydrogen-bond donors (Lipinski definition) is 0. The summed E-state index contributed by atoms with van der Waals surface area (Å²) in [5.74, 6) is 2.26. The van der Waals surface area contributed by atoms with Crippen LogP contribution in [0, 0.1) is 13.8 Å². The summed E-state index contributed by atoms with van der Waals surface area (Å²) in [6.45, 7) is 6.55. The number of hydrogen-bond acceptors (Lipinski definition) is 5. The van der Waals surface area contributed by atoms with Crippen LogP contribution in [-0.2, 0) is 6.54 Å². The Labute approximate surface area is 245 Å². The molecule has 0 radical (unpaired) electrons. The maximum atomic E-state index is 2.54. The molecule has 0 spiro atoms. The average Bonchev–Trinajstić information content (AvgIpc) is 3.43. The SMILES string of the molecule is CSCCN1/C(=C/C2=CC(=C/C=C/c3sc4ccccc4[n+]3CCSC)/CCC2)Sc2cc(C)c(C)cc21. The highest BCUT2D eigenvalue weighted by Crippen LogP contribution is 2.47. The molecule has 0 unspecified atom stereocenters. The minimum atomic E-state index is 1.05. The fourth-order valence-corrected chi connectivity index (χ4v) is 8.08. The van der Waals surface area contributed by atoms with Gasteiger partial charge in [-0.3, -0.25) is 0 Å². The van der Waals surface area contributed by atoms with E-state index in [1.165, 1.54) is 59.5 Å². The highest BCUT2D eigenvalue weighted by molar-refractivity contribution is 8.03. The Morgan fingerprint density at radius 3 is 2.68 bits per heavy atom. The minimum Gasteiger partial charge on any atom is -0.334 e. The lowest BCUT2D eigenvalue weighted by Gasteiger charge is -2.22. The molecule has 2 aliphatic rings. The highest BCUT2D eigenvalue weighted by Gasteiger charge is 2.26. The highest BCUT2D eigenvalue weighted by atomic mass is 32.2. The molecule has 0 N–H and O–H groups in total. The van der Waals surface area contributed by atoms with Gasteiger partial charge in [0.25, 0.3) is 5.01 Å². The van der Waals surface area contributed by atoms with Gasteiger partial charge in [-0.15, -0.1) is 0 Å². The Kier molecular flexibility index (Phi) is 9.47. The van der Waals surface area contributed by atoms with Gasteiger partial charge in [0.2, 0.25) is 5.52 Å². The molecule has 0 saturated heterocycles. The first-order valence-corrected chi connectivity index (χ1v) is 17.7. The van der Waals surface area contributed by atoms with Crippen LogP contribution in [0.25, 0.3) is 16.3 Å². The van der Waals surface area contributed by atoms with Crippen LogP contribution in [0.1, 0.15) is 35.4 Å². The second-order valence-electron chi connectivity index (χ2n) is 9.86. The number of aromatic nitrogens is 1. The molecule has 6 heteroatoms. The summed E-state index contributed by atoms with van der Waals surface area (Å²) in [6.07, 6.45) is 19.7. The molecule has 2 aromatic carbocycles. The molecule has 1 aliphatic heterocycles. The van der Waals surface area contributed by atoms with Crippen molar-refractivity contribution in [2.75, 3.05) is 35.5 Å². The third kappa shape index (κ3) is 6.30. The van der Waals surface area contributed by atoms with E-state index in [0.29, 0.717) is 0 Å². The second-order valence-corrected chi connectivity index (χ2v) is 14.0. The molecule has 2 nitrogen and oxygen atoms in total. The van der Waals surface area contributed by atoms with E-state index in [4.69, 9.17) is 0 Å².